The molecule has 2 rings (SSSR count). The molecule has 0 saturated heterocycles. The standard InChI is InChI=1S/C22H29F2NO.ClH/c1-15(2)13-25(26-5)14-18(22-16(3)8-6-9-17(22)4)12-19-20(23)10-7-11-21(19)24;/h6-11,15,18H,12-14H2,1-5H3;1H. The van der Waals surface area contributed by atoms with Crippen molar-refractivity contribution in [3.8, 4) is 0 Å². The first-order valence-electron chi connectivity index (χ1n) is 9.11. The molecule has 1 atom stereocenters. The van der Waals surface area contributed by atoms with Gasteiger partial charge < -0.3 is 4.84 Å². The maximum Gasteiger partial charge on any atom is 0.129 e. The predicted molar refractivity (Wildman–Crippen MR) is 109 cm³/mol. The molecule has 0 N–H and O–H groups in total. The van der Waals surface area contributed by atoms with E-state index in [9.17, 15) is 8.78 Å². The Balaban J connectivity index is 0.00000364. The molecule has 0 aliphatic heterocycles. The lowest BCUT2D eigenvalue weighted by atomic mass is 9.85. The summed E-state index contributed by atoms with van der Waals surface area (Å²) < 4.78 is 28.5. The van der Waals surface area contributed by atoms with E-state index < -0.39 is 11.6 Å². The normalized spacial score (nSPS) is 12.3. The van der Waals surface area contributed by atoms with E-state index in [0.29, 0.717) is 18.9 Å². The molecule has 0 aromatic heterocycles. The summed E-state index contributed by atoms with van der Waals surface area (Å²) in [6.07, 6.45) is 0.294. The second kappa shape index (κ2) is 10.7. The molecule has 2 nitrogen and oxygen atoms in total. The van der Waals surface area contributed by atoms with Gasteiger partial charge in [-0.15, -0.1) is 12.4 Å². The van der Waals surface area contributed by atoms with Crippen LogP contribution in [0.3, 0.4) is 0 Å². The highest BCUT2D eigenvalue weighted by Gasteiger charge is 2.23. The molecule has 0 heterocycles. The van der Waals surface area contributed by atoms with E-state index in [0.717, 1.165) is 23.2 Å². The number of hydrogen-bond acceptors (Lipinski definition) is 2. The van der Waals surface area contributed by atoms with E-state index in [1.807, 2.05) is 37.1 Å². The molecule has 1 unspecified atom stereocenters. The van der Waals surface area contributed by atoms with Gasteiger partial charge in [-0.05, 0) is 55.0 Å². The summed E-state index contributed by atoms with van der Waals surface area (Å²) in [6, 6.07) is 10.2. The van der Waals surface area contributed by atoms with Crippen LogP contribution in [0.4, 0.5) is 8.78 Å². The zero-order valence-electron chi connectivity index (χ0n) is 16.8. The summed E-state index contributed by atoms with van der Waals surface area (Å²) >= 11 is 0. The molecule has 0 aliphatic rings. The molecule has 0 fully saturated rings. The van der Waals surface area contributed by atoms with Crippen LogP contribution < -0.4 is 0 Å². The van der Waals surface area contributed by atoms with Crippen LogP contribution in [0.1, 0.15) is 42.0 Å². The largest absolute Gasteiger partial charge is 0.302 e. The topological polar surface area (TPSA) is 12.5 Å². The fraction of sp³-hybridized carbons (Fsp3) is 0.455. The maximum atomic E-state index is 14.3. The highest BCUT2D eigenvalue weighted by atomic mass is 35.5. The van der Waals surface area contributed by atoms with E-state index >= 15 is 0 Å². The lowest BCUT2D eigenvalue weighted by Gasteiger charge is -2.29. The van der Waals surface area contributed by atoms with Crippen molar-refractivity contribution in [3.05, 3.63) is 70.3 Å². The van der Waals surface area contributed by atoms with Crippen LogP contribution in [-0.4, -0.2) is 25.3 Å². The van der Waals surface area contributed by atoms with Crippen LogP contribution in [0.5, 0.6) is 0 Å². The van der Waals surface area contributed by atoms with Crippen molar-refractivity contribution in [3.63, 3.8) is 0 Å². The van der Waals surface area contributed by atoms with Crippen molar-refractivity contribution in [2.75, 3.05) is 20.2 Å². The van der Waals surface area contributed by atoms with Crippen LogP contribution in [0.25, 0.3) is 0 Å². The summed E-state index contributed by atoms with van der Waals surface area (Å²) in [5, 5.41) is 1.89. The SMILES string of the molecule is CON(CC(C)C)CC(Cc1c(F)cccc1F)c1c(C)cccc1C.Cl. The van der Waals surface area contributed by atoms with E-state index in [1.165, 1.54) is 18.2 Å². The van der Waals surface area contributed by atoms with Crippen molar-refractivity contribution in [2.45, 2.75) is 40.0 Å². The molecule has 0 spiro atoms. The maximum absolute atomic E-state index is 14.3. The summed E-state index contributed by atoms with van der Waals surface area (Å²) in [5.41, 5.74) is 3.54. The molecular weight excluding hydrogens is 368 g/mol. The minimum Gasteiger partial charge on any atom is -0.302 e. The average Bonchev–Trinajstić information content (AvgIpc) is 2.56. The smallest absolute Gasteiger partial charge is 0.129 e. The minimum atomic E-state index is -0.492. The Bertz CT molecular complexity index is 696. The number of benzene rings is 2. The number of halogens is 3. The number of aryl methyl sites for hydroxylation is 2. The highest BCUT2D eigenvalue weighted by Crippen LogP contribution is 2.30. The van der Waals surface area contributed by atoms with Crippen LogP contribution in [-0.2, 0) is 11.3 Å². The molecule has 0 radical (unpaired) electrons. The van der Waals surface area contributed by atoms with E-state index in [4.69, 9.17) is 4.84 Å². The third kappa shape index (κ3) is 6.27. The lowest BCUT2D eigenvalue weighted by molar-refractivity contribution is -0.140. The van der Waals surface area contributed by atoms with Gasteiger partial charge in [-0.1, -0.05) is 38.1 Å². The quantitative estimate of drug-likeness (QED) is 0.518. The van der Waals surface area contributed by atoms with E-state index in [2.05, 4.69) is 13.8 Å². The number of rotatable bonds is 8. The average molecular weight is 398 g/mol. The van der Waals surface area contributed by atoms with Gasteiger partial charge in [0.2, 0.25) is 0 Å². The first kappa shape index (κ1) is 23.5. The predicted octanol–water partition coefficient (Wildman–Crippen LogP) is 5.85. The zero-order valence-corrected chi connectivity index (χ0v) is 17.6. The Morgan fingerprint density at radius 2 is 1.44 bits per heavy atom. The molecule has 0 aliphatic carbocycles. The number of hydroxylamine groups is 2. The van der Waals surface area contributed by atoms with Crippen molar-refractivity contribution in [2.24, 2.45) is 5.92 Å². The summed E-state index contributed by atoms with van der Waals surface area (Å²) in [6.45, 7) is 9.68. The van der Waals surface area contributed by atoms with Gasteiger partial charge in [0.15, 0.2) is 0 Å². The van der Waals surface area contributed by atoms with Gasteiger partial charge in [0.05, 0.1) is 7.11 Å². The van der Waals surface area contributed by atoms with Crippen molar-refractivity contribution >= 4 is 12.4 Å². The van der Waals surface area contributed by atoms with Gasteiger partial charge in [0, 0.05) is 24.6 Å². The first-order chi connectivity index (χ1) is 12.3. The fourth-order valence-corrected chi connectivity index (χ4v) is 3.58. The lowest BCUT2D eigenvalue weighted by Crippen LogP contribution is -2.32. The van der Waals surface area contributed by atoms with Gasteiger partial charge in [0.1, 0.15) is 11.6 Å². The molecule has 27 heavy (non-hydrogen) atoms. The monoisotopic (exact) mass is 397 g/mol. The van der Waals surface area contributed by atoms with Crippen molar-refractivity contribution in [1.29, 1.82) is 0 Å². The third-order valence-electron chi connectivity index (χ3n) is 4.71. The molecular formula is C22H30ClF2NO. The summed E-state index contributed by atoms with van der Waals surface area (Å²) in [5.74, 6) is -0.622. The Kier molecular flexibility index (Phi) is 9.37. The Labute approximate surface area is 167 Å². The van der Waals surface area contributed by atoms with E-state index in [-0.39, 0.29) is 23.9 Å². The van der Waals surface area contributed by atoms with Crippen LogP contribution in [0.15, 0.2) is 36.4 Å². The molecule has 0 bridgehead atoms. The summed E-state index contributed by atoms with van der Waals surface area (Å²) in [4.78, 5) is 5.54. The minimum absolute atomic E-state index is 0. The van der Waals surface area contributed by atoms with Crippen molar-refractivity contribution in [1.82, 2.24) is 5.06 Å². The van der Waals surface area contributed by atoms with E-state index in [1.54, 1.807) is 7.11 Å². The fourth-order valence-electron chi connectivity index (χ4n) is 3.58. The van der Waals surface area contributed by atoms with Gasteiger partial charge in [-0.25, -0.2) is 8.78 Å². The van der Waals surface area contributed by atoms with Gasteiger partial charge >= 0.3 is 0 Å². The van der Waals surface area contributed by atoms with Gasteiger partial charge in [-0.3, -0.25) is 0 Å². The summed E-state index contributed by atoms with van der Waals surface area (Å²) in [7, 11) is 1.65. The third-order valence-corrected chi connectivity index (χ3v) is 4.71. The second-order valence-corrected chi connectivity index (χ2v) is 7.33. The van der Waals surface area contributed by atoms with Crippen LogP contribution in [0, 0.1) is 31.4 Å². The van der Waals surface area contributed by atoms with Crippen LogP contribution >= 0.6 is 12.4 Å². The molecule has 150 valence electrons. The van der Waals surface area contributed by atoms with Gasteiger partial charge in [0.25, 0.3) is 0 Å². The first-order valence-corrected chi connectivity index (χ1v) is 9.11. The molecule has 5 heteroatoms. The zero-order chi connectivity index (χ0) is 19.3. The number of hydrogen-bond donors (Lipinski definition) is 0. The Hall–Kier alpha value is -1.49. The van der Waals surface area contributed by atoms with Crippen LogP contribution in [0.2, 0.25) is 0 Å². The number of nitrogens with zero attached hydrogens (tertiary/aromatic N) is 1. The Morgan fingerprint density at radius 3 is 1.93 bits per heavy atom. The molecule has 2 aromatic carbocycles. The second-order valence-electron chi connectivity index (χ2n) is 7.33. The highest BCUT2D eigenvalue weighted by molar-refractivity contribution is 5.85. The molecule has 0 saturated carbocycles. The Morgan fingerprint density at radius 1 is 0.926 bits per heavy atom. The molecule has 0 amide bonds. The van der Waals surface area contributed by atoms with Gasteiger partial charge in [-0.2, -0.15) is 5.06 Å². The van der Waals surface area contributed by atoms with Crippen molar-refractivity contribution < 1.29 is 13.6 Å². The molecule has 2 aromatic rings.